The molecule has 0 bridgehead atoms. The zero-order valence-electron chi connectivity index (χ0n) is 13.6. The van der Waals surface area contributed by atoms with Crippen LogP contribution in [0, 0.1) is 11.8 Å². The van der Waals surface area contributed by atoms with Crippen LogP contribution in [-0.4, -0.2) is 21.5 Å². The van der Waals surface area contributed by atoms with E-state index < -0.39 is 0 Å². The molecule has 0 N–H and O–H groups in total. The second-order valence-electron chi connectivity index (χ2n) is 6.69. The highest BCUT2D eigenvalue weighted by atomic mass is 28.3. The van der Waals surface area contributed by atoms with Crippen molar-refractivity contribution < 1.29 is 4.74 Å². The molecule has 2 fully saturated rings. The van der Waals surface area contributed by atoms with Crippen molar-refractivity contribution >= 4 is 8.80 Å². The van der Waals surface area contributed by atoms with E-state index in [9.17, 15) is 0 Å². The van der Waals surface area contributed by atoms with Gasteiger partial charge in [0.2, 0.25) is 0 Å². The molecule has 0 amide bonds. The standard InChI is InChI=1S/C18H33OSi/c1-3-5-6-13-20-14-11-17(12-15-20)16-7-9-18(10-8-16)19-4-2/h3,5,16-18H,4,6-15H2,1-2H3/b5-3+. The van der Waals surface area contributed by atoms with Gasteiger partial charge in [-0.25, -0.2) is 0 Å². The topological polar surface area (TPSA) is 9.23 Å². The van der Waals surface area contributed by atoms with Crippen molar-refractivity contribution in [3.8, 4) is 0 Å². The Morgan fingerprint density at radius 3 is 2.25 bits per heavy atom. The van der Waals surface area contributed by atoms with Gasteiger partial charge in [-0.1, -0.05) is 43.1 Å². The van der Waals surface area contributed by atoms with E-state index in [2.05, 4.69) is 26.0 Å². The molecular weight excluding hydrogens is 260 g/mol. The molecule has 0 spiro atoms. The molecule has 0 atom stereocenters. The Hall–Kier alpha value is -0.0831. The smallest absolute Gasteiger partial charge is 0.0575 e. The van der Waals surface area contributed by atoms with Crippen LogP contribution in [0.5, 0.6) is 0 Å². The monoisotopic (exact) mass is 293 g/mol. The molecule has 1 saturated heterocycles. The summed E-state index contributed by atoms with van der Waals surface area (Å²) in [5, 5.41) is 0. The minimum atomic E-state index is 0.0142. The lowest BCUT2D eigenvalue weighted by molar-refractivity contribution is 0.0171. The van der Waals surface area contributed by atoms with Crippen LogP contribution in [0.2, 0.25) is 18.1 Å². The predicted molar refractivity (Wildman–Crippen MR) is 89.7 cm³/mol. The number of rotatable bonds is 6. The van der Waals surface area contributed by atoms with Crippen LogP contribution < -0.4 is 0 Å². The van der Waals surface area contributed by atoms with Gasteiger partial charge in [-0.2, -0.15) is 0 Å². The Morgan fingerprint density at radius 1 is 1.00 bits per heavy atom. The minimum absolute atomic E-state index is 0.0142. The molecule has 1 radical (unpaired) electrons. The Kier molecular flexibility index (Phi) is 7.36. The van der Waals surface area contributed by atoms with Gasteiger partial charge in [-0.05, 0) is 57.8 Å². The molecule has 2 heteroatoms. The first kappa shape index (κ1) is 16.3. The van der Waals surface area contributed by atoms with Gasteiger partial charge in [0.15, 0.2) is 0 Å². The summed E-state index contributed by atoms with van der Waals surface area (Å²) >= 11 is 0. The summed E-state index contributed by atoms with van der Waals surface area (Å²) < 4.78 is 5.79. The van der Waals surface area contributed by atoms with E-state index in [-0.39, 0.29) is 8.80 Å². The van der Waals surface area contributed by atoms with Crippen LogP contribution in [0.15, 0.2) is 12.2 Å². The fourth-order valence-electron chi connectivity index (χ4n) is 4.19. The molecule has 0 aromatic rings. The summed E-state index contributed by atoms with van der Waals surface area (Å²) in [6, 6.07) is 4.72. The van der Waals surface area contributed by atoms with Gasteiger partial charge in [-0.15, -0.1) is 0 Å². The molecule has 1 nitrogen and oxygen atoms in total. The largest absolute Gasteiger partial charge is 0.379 e. The highest BCUT2D eigenvalue weighted by Gasteiger charge is 2.31. The minimum Gasteiger partial charge on any atom is -0.379 e. The van der Waals surface area contributed by atoms with E-state index in [4.69, 9.17) is 4.74 Å². The summed E-state index contributed by atoms with van der Waals surface area (Å²) in [5.74, 6) is 2.10. The van der Waals surface area contributed by atoms with E-state index in [0.29, 0.717) is 6.10 Å². The van der Waals surface area contributed by atoms with Crippen LogP contribution in [0.1, 0.15) is 58.8 Å². The summed E-state index contributed by atoms with van der Waals surface area (Å²) in [6.07, 6.45) is 15.1. The van der Waals surface area contributed by atoms with Crippen molar-refractivity contribution in [3.63, 3.8) is 0 Å². The van der Waals surface area contributed by atoms with Crippen LogP contribution in [0.25, 0.3) is 0 Å². The number of hydrogen-bond acceptors (Lipinski definition) is 1. The summed E-state index contributed by atoms with van der Waals surface area (Å²) in [5.41, 5.74) is 0. The summed E-state index contributed by atoms with van der Waals surface area (Å²) in [6.45, 7) is 5.17. The lowest BCUT2D eigenvalue weighted by Gasteiger charge is -2.37. The Balaban J connectivity index is 1.64. The lowest BCUT2D eigenvalue weighted by atomic mass is 9.76. The van der Waals surface area contributed by atoms with Crippen LogP contribution in [0.3, 0.4) is 0 Å². The maximum atomic E-state index is 5.79. The van der Waals surface area contributed by atoms with Gasteiger partial charge in [0.25, 0.3) is 0 Å². The molecule has 20 heavy (non-hydrogen) atoms. The Labute approximate surface area is 127 Å². The van der Waals surface area contributed by atoms with Crippen molar-refractivity contribution in [2.75, 3.05) is 6.61 Å². The first-order valence-electron chi connectivity index (χ1n) is 8.89. The number of hydrogen-bond donors (Lipinski definition) is 0. The van der Waals surface area contributed by atoms with E-state index in [1.165, 1.54) is 38.1 Å². The van der Waals surface area contributed by atoms with Crippen molar-refractivity contribution in [2.45, 2.75) is 83.0 Å². The SMILES string of the molecule is C/C=C/CC[Si]1CCC(C2CCC(OCC)CC2)CC1. The van der Waals surface area contributed by atoms with Gasteiger partial charge < -0.3 is 4.74 Å². The van der Waals surface area contributed by atoms with Crippen LogP contribution >= 0.6 is 0 Å². The molecule has 1 aliphatic carbocycles. The average molecular weight is 294 g/mol. The second-order valence-corrected chi connectivity index (χ2v) is 9.69. The third-order valence-corrected chi connectivity index (χ3v) is 8.41. The van der Waals surface area contributed by atoms with Gasteiger partial charge in [0.05, 0.1) is 6.10 Å². The average Bonchev–Trinajstić information content (AvgIpc) is 2.49. The van der Waals surface area contributed by atoms with Crippen LogP contribution in [-0.2, 0) is 4.74 Å². The maximum Gasteiger partial charge on any atom is 0.0575 e. The molecule has 115 valence electrons. The fourth-order valence-corrected chi connectivity index (χ4v) is 7.07. The first-order valence-corrected chi connectivity index (χ1v) is 11.0. The van der Waals surface area contributed by atoms with E-state index in [1.807, 2.05) is 0 Å². The van der Waals surface area contributed by atoms with E-state index >= 15 is 0 Å². The molecule has 0 unspecified atom stereocenters. The van der Waals surface area contributed by atoms with Crippen molar-refractivity contribution in [3.05, 3.63) is 12.2 Å². The lowest BCUT2D eigenvalue weighted by Crippen LogP contribution is -2.30. The van der Waals surface area contributed by atoms with Gasteiger partial charge >= 0.3 is 0 Å². The van der Waals surface area contributed by atoms with E-state index in [0.717, 1.165) is 18.4 Å². The normalized spacial score (nSPS) is 30.1. The van der Waals surface area contributed by atoms with Crippen molar-refractivity contribution in [1.29, 1.82) is 0 Å². The Morgan fingerprint density at radius 2 is 1.65 bits per heavy atom. The zero-order chi connectivity index (χ0) is 14.2. The van der Waals surface area contributed by atoms with Crippen molar-refractivity contribution in [1.82, 2.24) is 0 Å². The first-order chi connectivity index (χ1) is 9.83. The predicted octanol–water partition coefficient (Wildman–Crippen LogP) is 5.45. The molecule has 0 aromatic carbocycles. The third-order valence-electron chi connectivity index (χ3n) is 5.43. The number of ether oxygens (including phenoxy) is 1. The number of allylic oxidation sites excluding steroid dienone is 2. The molecule has 1 saturated carbocycles. The van der Waals surface area contributed by atoms with Crippen LogP contribution in [0.4, 0.5) is 0 Å². The molecular formula is C18H33OSi. The second kappa shape index (κ2) is 9.04. The third kappa shape index (κ3) is 5.03. The highest BCUT2D eigenvalue weighted by molar-refractivity contribution is 6.59. The molecule has 1 heterocycles. The molecule has 2 aliphatic rings. The zero-order valence-corrected chi connectivity index (χ0v) is 14.6. The summed E-state index contributed by atoms with van der Waals surface area (Å²) in [7, 11) is 0.0142. The van der Waals surface area contributed by atoms with Gasteiger partial charge in [0, 0.05) is 15.4 Å². The maximum absolute atomic E-state index is 5.79. The van der Waals surface area contributed by atoms with Gasteiger partial charge in [-0.3, -0.25) is 0 Å². The van der Waals surface area contributed by atoms with E-state index in [1.54, 1.807) is 24.9 Å². The highest BCUT2D eigenvalue weighted by Crippen LogP contribution is 2.40. The summed E-state index contributed by atoms with van der Waals surface area (Å²) in [4.78, 5) is 0. The molecule has 2 rings (SSSR count). The van der Waals surface area contributed by atoms with Crippen molar-refractivity contribution in [2.24, 2.45) is 11.8 Å². The Bertz CT molecular complexity index is 273. The fraction of sp³-hybridized carbons (Fsp3) is 0.889. The molecule has 0 aromatic heterocycles. The molecule has 1 aliphatic heterocycles. The quantitative estimate of drug-likeness (QED) is 0.467. The van der Waals surface area contributed by atoms with Gasteiger partial charge in [0.1, 0.15) is 0 Å².